The molecule has 1 aromatic carbocycles. The summed E-state index contributed by atoms with van der Waals surface area (Å²) in [6, 6.07) is 5.26. The maximum absolute atomic E-state index is 12.7. The molecule has 0 aliphatic heterocycles. The third kappa shape index (κ3) is 3.54. The molecule has 1 aromatic heterocycles. The van der Waals surface area contributed by atoms with Crippen LogP contribution in [0, 0.1) is 6.92 Å². The molecule has 19 heavy (non-hydrogen) atoms. The van der Waals surface area contributed by atoms with E-state index in [-0.39, 0.29) is 5.56 Å². The summed E-state index contributed by atoms with van der Waals surface area (Å²) in [7, 11) is 0. The summed E-state index contributed by atoms with van der Waals surface area (Å²) in [4.78, 5) is 4.08. The number of rotatable bonds is 3. The molecule has 0 unspecified atom stereocenters. The van der Waals surface area contributed by atoms with Crippen molar-refractivity contribution in [3.05, 3.63) is 46.5 Å². The summed E-state index contributed by atoms with van der Waals surface area (Å²) < 4.78 is 38.1. The fraction of sp³-hybridized carbons (Fsp3) is 0.167. The Morgan fingerprint density at radius 2 is 2.05 bits per heavy atom. The summed E-state index contributed by atoms with van der Waals surface area (Å²) in [5.74, 6) is 0. The number of hydrogen-bond donors (Lipinski definition) is 1. The Labute approximate surface area is 111 Å². The van der Waals surface area contributed by atoms with E-state index >= 15 is 0 Å². The van der Waals surface area contributed by atoms with E-state index in [0.717, 1.165) is 18.0 Å². The number of hydrazone groups is 1. The van der Waals surface area contributed by atoms with Gasteiger partial charge in [-0.05, 0) is 13.0 Å². The maximum atomic E-state index is 12.7. The first-order valence-electron chi connectivity index (χ1n) is 5.34. The number of alkyl halides is 3. The SMILES string of the molecule is Cc1csc(N/N=C\c2ccccc2C(F)(F)F)n1. The smallest absolute Gasteiger partial charge is 0.253 e. The predicted molar refractivity (Wildman–Crippen MR) is 69.5 cm³/mol. The lowest BCUT2D eigenvalue weighted by atomic mass is 10.1. The lowest BCUT2D eigenvalue weighted by Gasteiger charge is -2.08. The van der Waals surface area contributed by atoms with Gasteiger partial charge in [-0.3, -0.25) is 5.43 Å². The summed E-state index contributed by atoms with van der Waals surface area (Å²) >= 11 is 1.34. The molecule has 1 heterocycles. The van der Waals surface area contributed by atoms with Gasteiger partial charge in [-0.25, -0.2) is 4.98 Å². The lowest BCUT2D eigenvalue weighted by molar-refractivity contribution is -0.137. The Bertz CT molecular complexity index is 590. The number of nitrogens with one attached hydrogen (secondary N) is 1. The van der Waals surface area contributed by atoms with E-state index in [2.05, 4.69) is 15.5 Å². The van der Waals surface area contributed by atoms with Crippen LogP contribution in [0.4, 0.5) is 18.3 Å². The fourth-order valence-electron chi connectivity index (χ4n) is 1.43. The topological polar surface area (TPSA) is 37.3 Å². The number of nitrogens with zero attached hydrogens (tertiary/aromatic N) is 2. The van der Waals surface area contributed by atoms with Gasteiger partial charge in [0.25, 0.3) is 0 Å². The van der Waals surface area contributed by atoms with Crippen LogP contribution in [0.1, 0.15) is 16.8 Å². The molecular weight excluding hydrogens is 275 g/mol. The van der Waals surface area contributed by atoms with Gasteiger partial charge in [-0.15, -0.1) is 11.3 Å². The Hall–Kier alpha value is -1.89. The molecule has 0 radical (unpaired) electrons. The number of halogens is 3. The van der Waals surface area contributed by atoms with Gasteiger partial charge >= 0.3 is 6.18 Å². The van der Waals surface area contributed by atoms with Crippen LogP contribution < -0.4 is 5.43 Å². The predicted octanol–water partition coefficient (Wildman–Crippen LogP) is 3.92. The number of anilines is 1. The van der Waals surface area contributed by atoms with Gasteiger partial charge in [0.1, 0.15) is 0 Å². The molecule has 0 aliphatic rings. The monoisotopic (exact) mass is 285 g/mol. The van der Waals surface area contributed by atoms with Gasteiger partial charge in [-0.1, -0.05) is 18.2 Å². The molecule has 7 heteroatoms. The first-order chi connectivity index (χ1) is 8.97. The maximum Gasteiger partial charge on any atom is 0.417 e. The van der Waals surface area contributed by atoms with Crippen molar-refractivity contribution in [3.63, 3.8) is 0 Å². The zero-order chi connectivity index (χ0) is 13.9. The molecule has 1 N–H and O–H groups in total. The second-order valence-electron chi connectivity index (χ2n) is 3.75. The summed E-state index contributed by atoms with van der Waals surface area (Å²) in [6.07, 6.45) is -3.25. The Morgan fingerprint density at radius 3 is 2.68 bits per heavy atom. The lowest BCUT2D eigenvalue weighted by Crippen LogP contribution is -2.08. The minimum absolute atomic E-state index is 0.00998. The molecule has 0 fully saturated rings. The van der Waals surface area contributed by atoms with Crippen LogP contribution in [0.5, 0.6) is 0 Å². The van der Waals surface area contributed by atoms with E-state index in [4.69, 9.17) is 0 Å². The van der Waals surface area contributed by atoms with Crippen molar-refractivity contribution in [3.8, 4) is 0 Å². The molecule has 0 atom stereocenters. The van der Waals surface area contributed by atoms with Crippen LogP contribution in [-0.4, -0.2) is 11.2 Å². The van der Waals surface area contributed by atoms with E-state index in [1.165, 1.54) is 29.5 Å². The van der Waals surface area contributed by atoms with Crippen molar-refractivity contribution in [2.24, 2.45) is 5.10 Å². The molecular formula is C12H10F3N3S. The average molecular weight is 285 g/mol. The molecule has 0 saturated heterocycles. The summed E-state index contributed by atoms with van der Waals surface area (Å²) in [5, 5.41) is 6.13. The molecule has 0 saturated carbocycles. The number of benzene rings is 1. The van der Waals surface area contributed by atoms with Crippen LogP contribution in [0.25, 0.3) is 0 Å². The van der Waals surface area contributed by atoms with E-state index in [1.54, 1.807) is 0 Å². The molecule has 100 valence electrons. The Balaban J connectivity index is 2.15. The average Bonchev–Trinajstić information content (AvgIpc) is 2.74. The second kappa shape index (κ2) is 5.40. The summed E-state index contributed by atoms with van der Waals surface area (Å²) in [6.45, 7) is 1.82. The van der Waals surface area contributed by atoms with Gasteiger partial charge in [0.05, 0.1) is 17.5 Å². The van der Waals surface area contributed by atoms with Crippen LogP contribution in [0.3, 0.4) is 0 Å². The van der Waals surface area contributed by atoms with Crippen molar-refractivity contribution < 1.29 is 13.2 Å². The largest absolute Gasteiger partial charge is 0.417 e. The van der Waals surface area contributed by atoms with E-state index in [0.29, 0.717) is 5.13 Å². The Morgan fingerprint density at radius 1 is 1.32 bits per heavy atom. The first-order valence-corrected chi connectivity index (χ1v) is 6.22. The highest BCUT2D eigenvalue weighted by Crippen LogP contribution is 2.31. The molecule has 2 rings (SSSR count). The normalized spacial score (nSPS) is 12.0. The fourth-order valence-corrected chi connectivity index (χ4v) is 2.07. The number of aryl methyl sites for hydroxylation is 1. The first kappa shape index (κ1) is 13.5. The molecule has 2 aromatic rings. The Kier molecular flexibility index (Phi) is 3.84. The number of thiazole rings is 1. The van der Waals surface area contributed by atoms with E-state index in [1.807, 2.05) is 12.3 Å². The van der Waals surface area contributed by atoms with Crippen molar-refractivity contribution in [1.82, 2.24) is 4.98 Å². The van der Waals surface area contributed by atoms with E-state index in [9.17, 15) is 13.2 Å². The standard InChI is InChI=1S/C12H10F3N3S/c1-8-7-19-11(17-8)18-16-6-9-4-2-3-5-10(9)12(13,14)15/h2-7H,1H3,(H,17,18)/b16-6-. The minimum Gasteiger partial charge on any atom is -0.253 e. The molecule has 0 aliphatic carbocycles. The third-order valence-corrected chi connectivity index (χ3v) is 3.11. The van der Waals surface area contributed by atoms with Gasteiger partial charge in [-0.2, -0.15) is 18.3 Å². The van der Waals surface area contributed by atoms with Crippen molar-refractivity contribution in [1.29, 1.82) is 0 Å². The van der Waals surface area contributed by atoms with Gasteiger partial charge in [0, 0.05) is 10.9 Å². The number of hydrogen-bond acceptors (Lipinski definition) is 4. The van der Waals surface area contributed by atoms with Crippen molar-refractivity contribution >= 4 is 22.7 Å². The molecule has 3 nitrogen and oxygen atoms in total. The molecule has 0 bridgehead atoms. The number of aromatic nitrogens is 1. The highest BCUT2D eigenvalue weighted by molar-refractivity contribution is 7.13. The second-order valence-corrected chi connectivity index (χ2v) is 4.61. The molecule has 0 spiro atoms. The highest BCUT2D eigenvalue weighted by atomic mass is 32.1. The van der Waals surface area contributed by atoms with Crippen molar-refractivity contribution in [2.75, 3.05) is 5.43 Å². The molecule has 0 amide bonds. The minimum atomic E-state index is -4.39. The quantitative estimate of drug-likeness (QED) is 0.685. The zero-order valence-corrected chi connectivity index (χ0v) is 10.7. The van der Waals surface area contributed by atoms with Crippen LogP contribution >= 0.6 is 11.3 Å². The summed E-state index contributed by atoms with van der Waals surface area (Å²) in [5.41, 5.74) is 2.73. The van der Waals surface area contributed by atoms with Gasteiger partial charge in [0.15, 0.2) is 0 Å². The van der Waals surface area contributed by atoms with E-state index < -0.39 is 11.7 Å². The van der Waals surface area contributed by atoms with Gasteiger partial charge < -0.3 is 0 Å². The van der Waals surface area contributed by atoms with Gasteiger partial charge in [0.2, 0.25) is 5.13 Å². The highest BCUT2D eigenvalue weighted by Gasteiger charge is 2.32. The zero-order valence-electron chi connectivity index (χ0n) is 9.90. The van der Waals surface area contributed by atoms with Crippen LogP contribution in [0.15, 0.2) is 34.7 Å². The van der Waals surface area contributed by atoms with Crippen LogP contribution in [-0.2, 0) is 6.18 Å². The third-order valence-electron chi connectivity index (χ3n) is 2.25. The van der Waals surface area contributed by atoms with Crippen molar-refractivity contribution in [2.45, 2.75) is 13.1 Å². The van der Waals surface area contributed by atoms with Crippen LogP contribution in [0.2, 0.25) is 0 Å².